The fourth-order valence-electron chi connectivity index (χ4n) is 1.65. The first-order valence-corrected chi connectivity index (χ1v) is 7.41. The van der Waals surface area contributed by atoms with Crippen molar-refractivity contribution in [2.75, 3.05) is 6.61 Å². The van der Waals surface area contributed by atoms with Gasteiger partial charge >= 0.3 is 5.97 Å². The number of hydrogen-bond acceptors (Lipinski definition) is 6. The number of carboxylic acids is 1. The van der Waals surface area contributed by atoms with Crippen molar-refractivity contribution in [3.63, 3.8) is 0 Å². The molecule has 8 heteroatoms. The maximum Gasteiger partial charge on any atom is 0.303 e. The van der Waals surface area contributed by atoms with Crippen molar-refractivity contribution < 1.29 is 19.4 Å². The summed E-state index contributed by atoms with van der Waals surface area (Å²) >= 11 is 1.05. The number of carbonyl (C=O) groups is 2. The van der Waals surface area contributed by atoms with E-state index in [4.69, 9.17) is 9.84 Å². The van der Waals surface area contributed by atoms with Crippen LogP contribution in [0.15, 0.2) is 30.5 Å². The van der Waals surface area contributed by atoms with E-state index in [9.17, 15) is 9.59 Å². The Morgan fingerprint density at radius 2 is 2.05 bits per heavy atom. The van der Waals surface area contributed by atoms with Gasteiger partial charge in [-0.2, -0.15) is 0 Å². The number of nitrogens with one attached hydrogen (secondary N) is 1. The first-order chi connectivity index (χ1) is 10.6. The number of carboxylic acid groups (broad SMARTS) is 1. The predicted octanol–water partition coefficient (Wildman–Crippen LogP) is 1.71. The molecule has 0 bridgehead atoms. The van der Waals surface area contributed by atoms with Crippen molar-refractivity contribution in [3.05, 3.63) is 40.9 Å². The van der Waals surface area contributed by atoms with Gasteiger partial charge in [-0.3, -0.25) is 9.59 Å². The summed E-state index contributed by atoms with van der Waals surface area (Å²) in [6.45, 7) is 0.761. The van der Waals surface area contributed by atoms with Crippen molar-refractivity contribution in [1.29, 1.82) is 0 Å². The molecule has 2 rings (SSSR count). The van der Waals surface area contributed by atoms with Crippen molar-refractivity contribution in [2.45, 2.75) is 19.4 Å². The van der Waals surface area contributed by atoms with Crippen molar-refractivity contribution in [2.24, 2.45) is 0 Å². The minimum absolute atomic E-state index is 0.0938. The lowest BCUT2D eigenvalue weighted by atomic mass is 10.2. The summed E-state index contributed by atoms with van der Waals surface area (Å²) in [6.07, 6.45) is 1.99. The number of carbonyl (C=O) groups excluding carboxylic acids is 1. The lowest BCUT2D eigenvalue weighted by molar-refractivity contribution is -0.137. The topological polar surface area (TPSA) is 101 Å². The molecule has 1 aromatic carbocycles. The van der Waals surface area contributed by atoms with Crippen LogP contribution >= 0.6 is 11.5 Å². The predicted molar refractivity (Wildman–Crippen MR) is 79.9 cm³/mol. The minimum Gasteiger partial charge on any atom is -0.494 e. The van der Waals surface area contributed by atoms with Gasteiger partial charge < -0.3 is 15.2 Å². The van der Waals surface area contributed by atoms with Crippen LogP contribution in [0.2, 0.25) is 0 Å². The quantitative estimate of drug-likeness (QED) is 0.718. The standard InChI is InChI=1S/C14H15N3O4S/c18-13(19)2-1-7-21-11-5-3-10(4-6-11)8-15-14(20)12-9-16-17-22-12/h3-6,9H,1-2,7-8H2,(H,15,20)(H,18,19). The number of ether oxygens (including phenoxy) is 1. The van der Waals surface area contributed by atoms with Gasteiger partial charge in [0.1, 0.15) is 10.6 Å². The second-order valence-corrected chi connectivity index (χ2v) is 5.24. The molecule has 2 N–H and O–H groups in total. The molecule has 0 aliphatic rings. The molecule has 0 saturated carbocycles. The van der Waals surface area contributed by atoms with E-state index in [1.165, 1.54) is 6.20 Å². The molecule has 1 heterocycles. The molecule has 0 fully saturated rings. The van der Waals surface area contributed by atoms with Gasteiger partial charge in [-0.25, -0.2) is 0 Å². The van der Waals surface area contributed by atoms with Gasteiger partial charge in [0.25, 0.3) is 5.91 Å². The van der Waals surface area contributed by atoms with Crippen molar-refractivity contribution in [3.8, 4) is 5.75 Å². The fourth-order valence-corrected chi connectivity index (χ4v) is 2.09. The van der Waals surface area contributed by atoms with E-state index in [2.05, 4.69) is 14.9 Å². The molecule has 0 aliphatic carbocycles. The lowest BCUT2D eigenvalue weighted by Gasteiger charge is -2.07. The SMILES string of the molecule is O=C(O)CCCOc1ccc(CNC(=O)c2cnns2)cc1. The molecule has 22 heavy (non-hydrogen) atoms. The summed E-state index contributed by atoms with van der Waals surface area (Å²) in [5.41, 5.74) is 0.934. The number of aliphatic carboxylic acids is 1. The maximum absolute atomic E-state index is 11.7. The number of nitrogens with zero attached hydrogens (tertiary/aromatic N) is 2. The Morgan fingerprint density at radius 1 is 1.27 bits per heavy atom. The number of benzene rings is 1. The van der Waals surface area contributed by atoms with Gasteiger partial charge in [0.05, 0.1) is 12.8 Å². The summed E-state index contributed by atoms with van der Waals surface area (Å²) < 4.78 is 9.06. The van der Waals surface area contributed by atoms with E-state index >= 15 is 0 Å². The van der Waals surface area contributed by atoms with Crippen LogP contribution in [-0.2, 0) is 11.3 Å². The van der Waals surface area contributed by atoms with E-state index in [0.717, 1.165) is 17.1 Å². The number of aromatic nitrogens is 2. The van der Waals surface area contributed by atoms with Crippen molar-refractivity contribution >= 4 is 23.4 Å². The third kappa shape index (κ3) is 5.13. The molecule has 2 aromatic rings. The molecule has 0 saturated heterocycles. The molecular weight excluding hydrogens is 306 g/mol. The highest BCUT2D eigenvalue weighted by Crippen LogP contribution is 2.13. The zero-order chi connectivity index (χ0) is 15.8. The monoisotopic (exact) mass is 321 g/mol. The molecule has 0 unspecified atom stereocenters. The number of amides is 1. The third-order valence-electron chi connectivity index (χ3n) is 2.77. The fraction of sp³-hybridized carbons (Fsp3) is 0.286. The molecule has 0 spiro atoms. The largest absolute Gasteiger partial charge is 0.494 e. The number of hydrogen-bond donors (Lipinski definition) is 2. The summed E-state index contributed by atoms with van der Waals surface area (Å²) in [5, 5.41) is 14.9. The Hall–Kier alpha value is -2.48. The van der Waals surface area contributed by atoms with Gasteiger partial charge in [0.2, 0.25) is 0 Å². The first kappa shape index (κ1) is 15.9. The van der Waals surface area contributed by atoms with Gasteiger partial charge in [-0.05, 0) is 35.6 Å². The van der Waals surface area contributed by atoms with Crippen LogP contribution in [-0.4, -0.2) is 33.2 Å². The average molecular weight is 321 g/mol. The van der Waals surface area contributed by atoms with E-state index in [-0.39, 0.29) is 12.3 Å². The van der Waals surface area contributed by atoms with Gasteiger partial charge in [0, 0.05) is 13.0 Å². The molecule has 116 valence electrons. The molecule has 0 radical (unpaired) electrons. The lowest BCUT2D eigenvalue weighted by Crippen LogP contribution is -2.21. The smallest absolute Gasteiger partial charge is 0.303 e. The van der Waals surface area contributed by atoms with E-state index in [1.807, 2.05) is 12.1 Å². The second-order valence-electron chi connectivity index (χ2n) is 4.45. The van der Waals surface area contributed by atoms with Crippen LogP contribution in [0.3, 0.4) is 0 Å². The normalized spacial score (nSPS) is 10.2. The third-order valence-corrected chi connectivity index (χ3v) is 3.43. The Bertz CT molecular complexity index is 614. The molecule has 1 aromatic heterocycles. The Kier molecular flexibility index (Phi) is 5.84. The van der Waals surface area contributed by atoms with Gasteiger partial charge in [0.15, 0.2) is 0 Å². The van der Waals surface area contributed by atoms with Crippen LogP contribution < -0.4 is 10.1 Å². The molecular formula is C14H15N3O4S. The highest BCUT2D eigenvalue weighted by Gasteiger charge is 2.07. The molecule has 7 nitrogen and oxygen atoms in total. The summed E-state index contributed by atoms with van der Waals surface area (Å²) in [7, 11) is 0. The molecule has 0 atom stereocenters. The summed E-state index contributed by atoms with van der Waals surface area (Å²) in [6, 6.07) is 7.27. The van der Waals surface area contributed by atoms with Crippen LogP contribution in [0.25, 0.3) is 0 Å². The zero-order valence-electron chi connectivity index (χ0n) is 11.7. The summed E-state index contributed by atoms with van der Waals surface area (Å²) in [5.74, 6) is -0.359. The molecule has 1 amide bonds. The van der Waals surface area contributed by atoms with Crippen LogP contribution in [0.5, 0.6) is 5.75 Å². The Balaban J connectivity index is 1.74. The molecule has 0 aliphatic heterocycles. The Labute approximate surface area is 131 Å². The van der Waals surface area contributed by atoms with E-state index in [0.29, 0.717) is 30.2 Å². The zero-order valence-corrected chi connectivity index (χ0v) is 12.5. The maximum atomic E-state index is 11.7. The van der Waals surface area contributed by atoms with Gasteiger partial charge in [-0.15, -0.1) is 5.10 Å². The second kappa shape index (κ2) is 8.08. The average Bonchev–Trinajstić information content (AvgIpc) is 3.04. The first-order valence-electron chi connectivity index (χ1n) is 6.64. The number of rotatable bonds is 8. The Morgan fingerprint density at radius 3 is 2.68 bits per heavy atom. The van der Waals surface area contributed by atoms with Crippen LogP contribution in [0.1, 0.15) is 28.1 Å². The summed E-state index contributed by atoms with van der Waals surface area (Å²) in [4.78, 5) is 22.6. The minimum atomic E-state index is -0.828. The van der Waals surface area contributed by atoms with Crippen LogP contribution in [0, 0.1) is 0 Å². The van der Waals surface area contributed by atoms with E-state index < -0.39 is 5.97 Å². The van der Waals surface area contributed by atoms with E-state index in [1.54, 1.807) is 12.1 Å². The highest BCUT2D eigenvalue weighted by molar-refractivity contribution is 7.07. The highest BCUT2D eigenvalue weighted by atomic mass is 32.1. The van der Waals surface area contributed by atoms with Crippen LogP contribution in [0.4, 0.5) is 0 Å². The van der Waals surface area contributed by atoms with Gasteiger partial charge in [-0.1, -0.05) is 16.6 Å². The van der Waals surface area contributed by atoms with Crippen molar-refractivity contribution in [1.82, 2.24) is 14.9 Å².